The van der Waals surface area contributed by atoms with Crippen LogP contribution in [-0.2, 0) is 0 Å². The number of H-pyrrole nitrogens is 1. The minimum Gasteiger partial charge on any atom is -0.481 e. The molecule has 0 aliphatic heterocycles. The zero-order chi connectivity index (χ0) is 8.55. The summed E-state index contributed by atoms with van der Waals surface area (Å²) in [6.07, 6.45) is 1.86. The van der Waals surface area contributed by atoms with Gasteiger partial charge in [-0.05, 0) is 22.0 Å². The quantitative estimate of drug-likeness (QED) is 0.811. The van der Waals surface area contributed by atoms with Crippen molar-refractivity contribution in [2.75, 3.05) is 7.11 Å². The fourth-order valence-corrected chi connectivity index (χ4v) is 1.48. The average Bonchev–Trinajstić information content (AvgIpc) is 2.47. The SMILES string of the molecule is COc1ccc2[nH]cc(Br)c2n1. The molecule has 0 amide bonds. The zero-order valence-electron chi connectivity index (χ0n) is 6.47. The molecule has 2 aromatic heterocycles. The number of methoxy groups -OCH3 is 1. The molecule has 0 aromatic carbocycles. The monoisotopic (exact) mass is 226 g/mol. The third kappa shape index (κ3) is 1.08. The maximum atomic E-state index is 5.00. The van der Waals surface area contributed by atoms with Crippen molar-refractivity contribution in [3.8, 4) is 5.88 Å². The largest absolute Gasteiger partial charge is 0.481 e. The molecule has 0 fully saturated rings. The van der Waals surface area contributed by atoms with E-state index in [9.17, 15) is 0 Å². The summed E-state index contributed by atoms with van der Waals surface area (Å²) in [6, 6.07) is 3.76. The summed E-state index contributed by atoms with van der Waals surface area (Å²) in [7, 11) is 1.61. The smallest absolute Gasteiger partial charge is 0.213 e. The summed E-state index contributed by atoms with van der Waals surface area (Å²) in [6.45, 7) is 0. The summed E-state index contributed by atoms with van der Waals surface area (Å²) in [5.41, 5.74) is 1.90. The lowest BCUT2D eigenvalue weighted by atomic mass is 10.4. The second kappa shape index (κ2) is 2.79. The van der Waals surface area contributed by atoms with Gasteiger partial charge in [0.15, 0.2) is 0 Å². The minimum absolute atomic E-state index is 0.628. The van der Waals surface area contributed by atoms with Gasteiger partial charge in [0.05, 0.1) is 17.1 Å². The van der Waals surface area contributed by atoms with Crippen molar-refractivity contribution in [2.45, 2.75) is 0 Å². The van der Waals surface area contributed by atoms with Gasteiger partial charge in [-0.25, -0.2) is 4.98 Å². The van der Waals surface area contributed by atoms with Gasteiger partial charge in [-0.3, -0.25) is 0 Å². The van der Waals surface area contributed by atoms with Gasteiger partial charge in [0.2, 0.25) is 5.88 Å². The number of hydrogen-bond donors (Lipinski definition) is 1. The number of rotatable bonds is 1. The summed E-state index contributed by atoms with van der Waals surface area (Å²) >= 11 is 3.38. The van der Waals surface area contributed by atoms with Crippen molar-refractivity contribution in [3.05, 3.63) is 22.8 Å². The molecule has 0 saturated heterocycles. The van der Waals surface area contributed by atoms with E-state index in [0.717, 1.165) is 15.5 Å². The molecule has 0 atom stereocenters. The number of ether oxygens (including phenoxy) is 1. The minimum atomic E-state index is 0.628. The van der Waals surface area contributed by atoms with Crippen molar-refractivity contribution < 1.29 is 4.74 Å². The Morgan fingerprint density at radius 1 is 1.50 bits per heavy atom. The van der Waals surface area contributed by atoms with Crippen molar-refractivity contribution in [2.24, 2.45) is 0 Å². The Kier molecular flexibility index (Phi) is 1.77. The van der Waals surface area contributed by atoms with Crippen LogP contribution in [0.1, 0.15) is 0 Å². The fourth-order valence-electron chi connectivity index (χ4n) is 1.06. The molecule has 3 nitrogen and oxygen atoms in total. The molecule has 0 radical (unpaired) electrons. The first kappa shape index (κ1) is 7.61. The van der Waals surface area contributed by atoms with E-state index in [1.54, 1.807) is 7.11 Å². The van der Waals surface area contributed by atoms with E-state index in [1.165, 1.54) is 0 Å². The Morgan fingerprint density at radius 3 is 3.08 bits per heavy atom. The van der Waals surface area contributed by atoms with Crippen LogP contribution in [0.5, 0.6) is 5.88 Å². The van der Waals surface area contributed by atoms with E-state index in [0.29, 0.717) is 5.88 Å². The molecule has 1 N–H and O–H groups in total. The highest BCUT2D eigenvalue weighted by Crippen LogP contribution is 2.23. The van der Waals surface area contributed by atoms with Crippen LogP contribution in [-0.4, -0.2) is 17.1 Å². The van der Waals surface area contributed by atoms with Crippen molar-refractivity contribution in [3.63, 3.8) is 0 Å². The maximum absolute atomic E-state index is 5.00. The predicted molar refractivity (Wildman–Crippen MR) is 50.3 cm³/mol. The highest BCUT2D eigenvalue weighted by atomic mass is 79.9. The number of nitrogens with one attached hydrogen (secondary N) is 1. The topological polar surface area (TPSA) is 37.9 Å². The zero-order valence-corrected chi connectivity index (χ0v) is 8.05. The van der Waals surface area contributed by atoms with Gasteiger partial charge in [0.25, 0.3) is 0 Å². The van der Waals surface area contributed by atoms with Crippen molar-refractivity contribution >= 4 is 27.0 Å². The van der Waals surface area contributed by atoms with Crippen LogP contribution in [0.15, 0.2) is 22.8 Å². The first-order chi connectivity index (χ1) is 5.81. The van der Waals surface area contributed by atoms with Gasteiger partial charge >= 0.3 is 0 Å². The Morgan fingerprint density at radius 2 is 2.33 bits per heavy atom. The van der Waals surface area contributed by atoms with Gasteiger partial charge < -0.3 is 9.72 Å². The van der Waals surface area contributed by atoms with E-state index in [4.69, 9.17) is 4.74 Å². The summed E-state index contributed by atoms with van der Waals surface area (Å²) in [4.78, 5) is 7.33. The number of aromatic nitrogens is 2. The van der Waals surface area contributed by atoms with Crippen LogP contribution in [0.2, 0.25) is 0 Å². The van der Waals surface area contributed by atoms with Crippen LogP contribution >= 0.6 is 15.9 Å². The number of nitrogens with zero attached hydrogens (tertiary/aromatic N) is 1. The van der Waals surface area contributed by atoms with Crippen LogP contribution in [0.25, 0.3) is 11.0 Å². The molecular formula is C8H7BrN2O. The Balaban J connectivity index is 2.71. The van der Waals surface area contributed by atoms with E-state index in [-0.39, 0.29) is 0 Å². The lowest BCUT2D eigenvalue weighted by molar-refractivity contribution is 0.399. The van der Waals surface area contributed by atoms with Crippen molar-refractivity contribution in [1.29, 1.82) is 0 Å². The molecule has 2 heterocycles. The van der Waals surface area contributed by atoms with E-state index in [1.807, 2.05) is 18.3 Å². The molecule has 0 saturated carbocycles. The molecule has 2 aromatic rings. The second-order valence-electron chi connectivity index (χ2n) is 2.39. The van der Waals surface area contributed by atoms with Gasteiger partial charge in [-0.15, -0.1) is 0 Å². The van der Waals surface area contributed by atoms with E-state index in [2.05, 4.69) is 25.9 Å². The Bertz CT molecular complexity index is 410. The highest BCUT2D eigenvalue weighted by Gasteiger charge is 2.02. The van der Waals surface area contributed by atoms with Crippen molar-refractivity contribution in [1.82, 2.24) is 9.97 Å². The third-order valence-electron chi connectivity index (χ3n) is 1.66. The lowest BCUT2D eigenvalue weighted by Gasteiger charge is -1.96. The third-order valence-corrected chi connectivity index (χ3v) is 2.26. The van der Waals surface area contributed by atoms with Crippen LogP contribution < -0.4 is 4.74 Å². The maximum Gasteiger partial charge on any atom is 0.213 e. The van der Waals surface area contributed by atoms with Gasteiger partial charge in [-0.1, -0.05) is 0 Å². The fraction of sp³-hybridized carbons (Fsp3) is 0.125. The first-order valence-electron chi connectivity index (χ1n) is 3.49. The number of hydrogen-bond acceptors (Lipinski definition) is 2. The molecular weight excluding hydrogens is 220 g/mol. The van der Waals surface area contributed by atoms with E-state index >= 15 is 0 Å². The molecule has 12 heavy (non-hydrogen) atoms. The molecule has 0 aliphatic carbocycles. The van der Waals surface area contributed by atoms with Crippen LogP contribution in [0.4, 0.5) is 0 Å². The molecule has 2 rings (SSSR count). The number of fused-ring (bicyclic) bond motifs is 1. The molecule has 62 valence electrons. The number of pyridine rings is 1. The molecule has 0 spiro atoms. The summed E-state index contributed by atoms with van der Waals surface area (Å²) in [5, 5.41) is 0. The molecule has 0 aliphatic rings. The van der Waals surface area contributed by atoms with Gasteiger partial charge in [0, 0.05) is 12.3 Å². The molecule has 4 heteroatoms. The predicted octanol–water partition coefficient (Wildman–Crippen LogP) is 2.33. The van der Waals surface area contributed by atoms with Gasteiger partial charge in [0.1, 0.15) is 5.52 Å². The van der Waals surface area contributed by atoms with Crippen LogP contribution in [0.3, 0.4) is 0 Å². The average molecular weight is 227 g/mol. The summed E-state index contributed by atoms with van der Waals surface area (Å²) in [5.74, 6) is 0.628. The van der Waals surface area contributed by atoms with Crippen LogP contribution in [0, 0.1) is 0 Å². The first-order valence-corrected chi connectivity index (χ1v) is 4.28. The highest BCUT2D eigenvalue weighted by molar-refractivity contribution is 9.10. The second-order valence-corrected chi connectivity index (χ2v) is 3.24. The van der Waals surface area contributed by atoms with Gasteiger partial charge in [-0.2, -0.15) is 0 Å². The number of aromatic amines is 1. The number of halogens is 1. The Labute approximate surface area is 77.9 Å². The molecule has 0 bridgehead atoms. The van der Waals surface area contributed by atoms with E-state index < -0.39 is 0 Å². The molecule has 0 unspecified atom stereocenters. The lowest BCUT2D eigenvalue weighted by Crippen LogP contribution is -1.86. The Hall–Kier alpha value is -1.03. The summed E-state index contributed by atoms with van der Waals surface area (Å²) < 4.78 is 5.96. The standard InChI is InChI=1S/C8H7BrN2O/c1-12-7-3-2-6-8(11-7)5(9)4-10-6/h2-4,10H,1H3. The normalized spacial score (nSPS) is 10.5.